The Morgan fingerprint density at radius 3 is 1.95 bits per heavy atom. The number of anilines is 2. The Morgan fingerprint density at radius 1 is 0.950 bits per heavy atom. The SMILES string of the molecule is CC=C(CC(C)c1ccc(N)cc1)c1ccc(N)cc1. The third-order valence-corrected chi connectivity index (χ3v) is 3.66. The zero-order chi connectivity index (χ0) is 14.5. The zero-order valence-corrected chi connectivity index (χ0v) is 12.1. The molecule has 2 nitrogen and oxygen atoms in total. The minimum absolute atomic E-state index is 0.458. The van der Waals surface area contributed by atoms with Crippen molar-refractivity contribution < 1.29 is 0 Å². The third-order valence-electron chi connectivity index (χ3n) is 3.66. The second-order valence-corrected chi connectivity index (χ2v) is 5.21. The molecule has 104 valence electrons. The third kappa shape index (κ3) is 3.41. The van der Waals surface area contributed by atoms with E-state index in [1.807, 2.05) is 24.3 Å². The molecule has 0 saturated heterocycles. The summed E-state index contributed by atoms with van der Waals surface area (Å²) in [6, 6.07) is 16.2. The highest BCUT2D eigenvalue weighted by Crippen LogP contribution is 2.29. The number of hydrogen-bond donors (Lipinski definition) is 2. The molecule has 1 atom stereocenters. The van der Waals surface area contributed by atoms with Gasteiger partial charge in [-0.2, -0.15) is 0 Å². The van der Waals surface area contributed by atoms with E-state index < -0.39 is 0 Å². The van der Waals surface area contributed by atoms with Crippen LogP contribution in [0.3, 0.4) is 0 Å². The first-order valence-electron chi connectivity index (χ1n) is 6.96. The van der Waals surface area contributed by atoms with Crippen molar-refractivity contribution in [2.24, 2.45) is 0 Å². The molecule has 2 aromatic carbocycles. The Morgan fingerprint density at radius 2 is 1.45 bits per heavy atom. The average molecular weight is 266 g/mol. The molecule has 0 bridgehead atoms. The van der Waals surface area contributed by atoms with Crippen molar-refractivity contribution in [3.8, 4) is 0 Å². The minimum atomic E-state index is 0.458. The summed E-state index contributed by atoms with van der Waals surface area (Å²) < 4.78 is 0. The standard InChI is InChI=1S/C18H22N2/c1-3-14(16-6-10-18(20)11-7-16)12-13(2)15-4-8-17(19)9-5-15/h3-11,13H,12,19-20H2,1-2H3. The predicted molar refractivity (Wildman–Crippen MR) is 88.4 cm³/mol. The van der Waals surface area contributed by atoms with Gasteiger partial charge in [0.1, 0.15) is 0 Å². The largest absolute Gasteiger partial charge is 0.399 e. The Labute approximate surface area is 121 Å². The molecule has 0 spiro atoms. The van der Waals surface area contributed by atoms with E-state index in [1.165, 1.54) is 16.7 Å². The number of hydrogen-bond acceptors (Lipinski definition) is 2. The normalized spacial score (nSPS) is 13.2. The first-order chi connectivity index (χ1) is 9.60. The molecule has 0 amide bonds. The molecular formula is C18H22N2. The quantitative estimate of drug-likeness (QED) is 0.803. The van der Waals surface area contributed by atoms with Crippen molar-refractivity contribution in [1.29, 1.82) is 0 Å². The van der Waals surface area contributed by atoms with Gasteiger partial charge in [-0.05, 0) is 60.2 Å². The summed E-state index contributed by atoms with van der Waals surface area (Å²) in [7, 11) is 0. The van der Waals surface area contributed by atoms with Crippen molar-refractivity contribution in [3.05, 3.63) is 65.7 Å². The number of rotatable bonds is 4. The molecule has 0 aromatic heterocycles. The van der Waals surface area contributed by atoms with Crippen LogP contribution in [-0.4, -0.2) is 0 Å². The lowest BCUT2D eigenvalue weighted by molar-refractivity contribution is 0.791. The lowest BCUT2D eigenvalue weighted by atomic mass is 9.90. The van der Waals surface area contributed by atoms with Gasteiger partial charge in [0.05, 0.1) is 0 Å². The fourth-order valence-corrected chi connectivity index (χ4v) is 2.37. The van der Waals surface area contributed by atoms with Gasteiger partial charge in [0.2, 0.25) is 0 Å². The summed E-state index contributed by atoms with van der Waals surface area (Å²) in [5.74, 6) is 0.458. The van der Waals surface area contributed by atoms with E-state index in [-0.39, 0.29) is 0 Å². The molecule has 0 radical (unpaired) electrons. The summed E-state index contributed by atoms with van der Waals surface area (Å²) in [6.45, 7) is 4.33. The zero-order valence-electron chi connectivity index (χ0n) is 12.1. The molecular weight excluding hydrogens is 244 g/mol. The maximum absolute atomic E-state index is 5.74. The number of benzene rings is 2. The highest BCUT2D eigenvalue weighted by Gasteiger charge is 2.09. The Hall–Kier alpha value is -2.22. The van der Waals surface area contributed by atoms with E-state index in [1.54, 1.807) is 0 Å². The highest BCUT2D eigenvalue weighted by molar-refractivity contribution is 5.67. The van der Waals surface area contributed by atoms with Gasteiger partial charge in [0.15, 0.2) is 0 Å². The van der Waals surface area contributed by atoms with E-state index in [9.17, 15) is 0 Å². The molecule has 0 saturated carbocycles. The first-order valence-corrected chi connectivity index (χ1v) is 6.96. The van der Waals surface area contributed by atoms with Gasteiger partial charge in [-0.3, -0.25) is 0 Å². The van der Waals surface area contributed by atoms with Gasteiger partial charge in [-0.1, -0.05) is 37.3 Å². The van der Waals surface area contributed by atoms with Gasteiger partial charge in [0.25, 0.3) is 0 Å². The second-order valence-electron chi connectivity index (χ2n) is 5.21. The van der Waals surface area contributed by atoms with Gasteiger partial charge >= 0.3 is 0 Å². The van der Waals surface area contributed by atoms with Crippen molar-refractivity contribution in [2.45, 2.75) is 26.2 Å². The molecule has 2 aromatic rings. The fourth-order valence-electron chi connectivity index (χ4n) is 2.37. The molecule has 0 heterocycles. The van der Waals surface area contributed by atoms with Crippen molar-refractivity contribution in [2.75, 3.05) is 11.5 Å². The number of nitrogens with two attached hydrogens (primary N) is 2. The van der Waals surface area contributed by atoms with Crippen LogP contribution in [0, 0.1) is 0 Å². The van der Waals surface area contributed by atoms with Crippen molar-refractivity contribution in [3.63, 3.8) is 0 Å². The van der Waals surface area contributed by atoms with Crippen LogP contribution in [0.2, 0.25) is 0 Å². The fraction of sp³-hybridized carbons (Fsp3) is 0.222. The molecule has 0 aliphatic heterocycles. The summed E-state index contributed by atoms with van der Waals surface area (Å²) in [5.41, 5.74) is 17.0. The van der Waals surface area contributed by atoms with Crippen LogP contribution in [-0.2, 0) is 0 Å². The molecule has 1 unspecified atom stereocenters. The van der Waals surface area contributed by atoms with Gasteiger partial charge < -0.3 is 11.5 Å². The van der Waals surface area contributed by atoms with Crippen LogP contribution in [0.4, 0.5) is 11.4 Å². The van der Waals surface area contributed by atoms with E-state index in [4.69, 9.17) is 11.5 Å². The van der Waals surface area contributed by atoms with Crippen LogP contribution < -0.4 is 11.5 Å². The van der Waals surface area contributed by atoms with Crippen LogP contribution in [0.25, 0.3) is 5.57 Å². The molecule has 0 aliphatic rings. The average Bonchev–Trinajstić information content (AvgIpc) is 2.46. The molecule has 2 heteroatoms. The lowest BCUT2D eigenvalue weighted by Gasteiger charge is -2.15. The van der Waals surface area contributed by atoms with Crippen molar-refractivity contribution in [1.82, 2.24) is 0 Å². The Balaban J connectivity index is 2.14. The monoisotopic (exact) mass is 266 g/mol. The first kappa shape index (κ1) is 14.2. The second kappa shape index (κ2) is 6.29. The molecule has 20 heavy (non-hydrogen) atoms. The van der Waals surface area contributed by atoms with E-state index in [0.29, 0.717) is 5.92 Å². The van der Waals surface area contributed by atoms with Crippen molar-refractivity contribution >= 4 is 16.9 Å². The van der Waals surface area contributed by atoms with Gasteiger partial charge in [0, 0.05) is 11.4 Å². The van der Waals surface area contributed by atoms with Crippen LogP contribution in [0.1, 0.15) is 37.3 Å². The molecule has 4 N–H and O–H groups in total. The topological polar surface area (TPSA) is 52.0 Å². The van der Waals surface area contributed by atoms with E-state index in [2.05, 4.69) is 44.2 Å². The smallest absolute Gasteiger partial charge is 0.0314 e. The minimum Gasteiger partial charge on any atom is -0.399 e. The van der Waals surface area contributed by atoms with Gasteiger partial charge in [-0.15, -0.1) is 0 Å². The molecule has 0 fully saturated rings. The van der Waals surface area contributed by atoms with Crippen LogP contribution >= 0.6 is 0 Å². The summed E-state index contributed by atoms with van der Waals surface area (Å²) in [6.07, 6.45) is 3.18. The van der Waals surface area contributed by atoms with Crippen LogP contribution in [0.15, 0.2) is 54.6 Å². The molecule has 0 aliphatic carbocycles. The maximum atomic E-state index is 5.74. The number of allylic oxidation sites excluding steroid dienone is 2. The highest BCUT2D eigenvalue weighted by atomic mass is 14.5. The Kier molecular flexibility index (Phi) is 4.46. The summed E-state index contributed by atoms with van der Waals surface area (Å²) >= 11 is 0. The number of nitrogen functional groups attached to an aromatic ring is 2. The maximum Gasteiger partial charge on any atom is 0.0314 e. The molecule has 2 rings (SSSR count). The summed E-state index contributed by atoms with van der Waals surface area (Å²) in [4.78, 5) is 0. The Bertz CT molecular complexity index is 580. The lowest BCUT2D eigenvalue weighted by Crippen LogP contribution is -1.97. The van der Waals surface area contributed by atoms with E-state index in [0.717, 1.165) is 17.8 Å². The predicted octanol–water partition coefficient (Wildman–Crippen LogP) is 4.45. The van der Waals surface area contributed by atoms with Gasteiger partial charge in [-0.25, -0.2) is 0 Å². The summed E-state index contributed by atoms with van der Waals surface area (Å²) in [5, 5.41) is 0. The van der Waals surface area contributed by atoms with E-state index >= 15 is 0 Å². The van der Waals surface area contributed by atoms with Crippen LogP contribution in [0.5, 0.6) is 0 Å².